The van der Waals surface area contributed by atoms with E-state index in [1.54, 1.807) is 21.3 Å². The number of hydrogen-bond donors (Lipinski definition) is 0. The molecule has 0 saturated carbocycles. The number of likely N-dealkylation sites (N-methyl/N-ethyl adjacent to an activating group) is 1. The number of rotatable bonds is 3. The van der Waals surface area contributed by atoms with Crippen molar-refractivity contribution >= 4 is 0 Å². The van der Waals surface area contributed by atoms with Crippen molar-refractivity contribution in [3.05, 3.63) is 35.4 Å². The van der Waals surface area contributed by atoms with Crippen LogP contribution in [0.3, 0.4) is 0 Å². The summed E-state index contributed by atoms with van der Waals surface area (Å²) in [4.78, 5) is 2.50. The molecule has 1 aromatic rings. The maximum Gasteiger partial charge on any atom is 0.226 e. The summed E-state index contributed by atoms with van der Waals surface area (Å²) in [5.74, 6) is 1.23. The Hall–Kier alpha value is -1.56. The van der Waals surface area contributed by atoms with Crippen molar-refractivity contribution < 1.29 is 18.9 Å². The van der Waals surface area contributed by atoms with Crippen LogP contribution in [0.1, 0.15) is 17.5 Å². The number of nitrogens with zero attached hydrogens (tertiary/aromatic N) is 1. The van der Waals surface area contributed by atoms with Gasteiger partial charge in [0.25, 0.3) is 0 Å². The van der Waals surface area contributed by atoms with Crippen molar-refractivity contribution in [1.82, 2.24) is 4.90 Å². The Morgan fingerprint density at radius 1 is 1.20 bits per heavy atom. The molecule has 2 aliphatic carbocycles. The van der Waals surface area contributed by atoms with Crippen LogP contribution >= 0.6 is 0 Å². The second-order valence-electron chi connectivity index (χ2n) is 7.69. The zero-order valence-corrected chi connectivity index (χ0v) is 15.2. The van der Waals surface area contributed by atoms with Gasteiger partial charge in [-0.05, 0) is 44.1 Å². The molecule has 5 heteroatoms. The van der Waals surface area contributed by atoms with Crippen LogP contribution in [0.2, 0.25) is 0 Å². The van der Waals surface area contributed by atoms with Gasteiger partial charge in [-0.25, -0.2) is 0 Å². The van der Waals surface area contributed by atoms with E-state index >= 15 is 0 Å². The molecule has 0 radical (unpaired) electrons. The lowest BCUT2D eigenvalue weighted by Gasteiger charge is -2.58. The molecule has 1 spiro atoms. The van der Waals surface area contributed by atoms with Crippen molar-refractivity contribution in [3.63, 3.8) is 0 Å². The molecule has 5 rings (SSSR count). The fraction of sp³-hybridized carbons (Fsp3) is 0.600. The first kappa shape index (κ1) is 15.7. The van der Waals surface area contributed by atoms with Crippen LogP contribution in [-0.2, 0) is 21.3 Å². The standard InChI is InChI=1S/C20H25NO4/c1-21-10-9-19-13-7-8-20(23-3,24-4)18(19)25-17-15(22-2)6-5-12(16(17)19)11-14(13)21/h5-8,13-14,18H,9-11H2,1-4H3. The second kappa shape index (κ2) is 5.00. The smallest absolute Gasteiger partial charge is 0.226 e. The van der Waals surface area contributed by atoms with Gasteiger partial charge in [-0.3, -0.25) is 0 Å². The van der Waals surface area contributed by atoms with Crippen molar-refractivity contribution in [2.75, 3.05) is 34.9 Å². The molecule has 4 unspecified atom stereocenters. The summed E-state index contributed by atoms with van der Waals surface area (Å²) in [5, 5.41) is 0. The van der Waals surface area contributed by atoms with E-state index in [0.717, 1.165) is 30.9 Å². The fourth-order valence-electron chi connectivity index (χ4n) is 5.83. The minimum atomic E-state index is -0.865. The summed E-state index contributed by atoms with van der Waals surface area (Å²) >= 11 is 0. The Labute approximate surface area is 148 Å². The number of ether oxygens (including phenoxy) is 4. The maximum atomic E-state index is 6.59. The molecule has 4 aliphatic rings. The topological polar surface area (TPSA) is 40.2 Å². The summed E-state index contributed by atoms with van der Waals surface area (Å²) < 4.78 is 24.0. The molecule has 5 nitrogen and oxygen atoms in total. The molecule has 134 valence electrons. The van der Waals surface area contributed by atoms with Gasteiger partial charge in [-0.2, -0.15) is 0 Å². The first-order chi connectivity index (χ1) is 12.1. The molecule has 1 saturated heterocycles. The van der Waals surface area contributed by atoms with Crippen LogP contribution in [0.5, 0.6) is 11.5 Å². The highest BCUT2D eigenvalue weighted by Crippen LogP contribution is 2.64. The Morgan fingerprint density at radius 2 is 2.00 bits per heavy atom. The van der Waals surface area contributed by atoms with E-state index in [1.807, 2.05) is 6.07 Å². The van der Waals surface area contributed by atoms with E-state index in [4.69, 9.17) is 18.9 Å². The van der Waals surface area contributed by atoms with Crippen molar-refractivity contribution in [2.24, 2.45) is 5.92 Å². The highest BCUT2D eigenvalue weighted by Gasteiger charge is 2.68. The third-order valence-electron chi connectivity index (χ3n) is 7.02. The zero-order chi connectivity index (χ0) is 17.4. The highest BCUT2D eigenvalue weighted by atomic mass is 16.7. The minimum Gasteiger partial charge on any atom is -0.493 e. The predicted octanol–water partition coefficient (Wildman–Crippen LogP) is 2.13. The average Bonchev–Trinajstić information content (AvgIpc) is 3.00. The lowest BCUT2D eigenvalue weighted by atomic mass is 9.52. The van der Waals surface area contributed by atoms with Crippen LogP contribution in [0.25, 0.3) is 0 Å². The summed E-state index contributed by atoms with van der Waals surface area (Å²) in [6.45, 7) is 1.05. The number of piperidine rings is 1. The Bertz CT molecular complexity index is 756. The third kappa shape index (κ3) is 1.65. The molecule has 0 N–H and O–H groups in total. The van der Waals surface area contributed by atoms with E-state index in [0.29, 0.717) is 12.0 Å². The van der Waals surface area contributed by atoms with Gasteiger partial charge in [0.1, 0.15) is 0 Å². The van der Waals surface area contributed by atoms with E-state index in [1.165, 1.54) is 11.1 Å². The number of likely N-dealkylation sites (tertiary alicyclic amines) is 1. The van der Waals surface area contributed by atoms with Gasteiger partial charge in [-0.15, -0.1) is 0 Å². The second-order valence-corrected chi connectivity index (χ2v) is 7.69. The highest BCUT2D eigenvalue weighted by molar-refractivity contribution is 5.62. The lowest BCUT2D eigenvalue weighted by Crippen LogP contribution is -2.68. The molecule has 2 heterocycles. The molecular weight excluding hydrogens is 318 g/mol. The van der Waals surface area contributed by atoms with Crippen molar-refractivity contribution in [3.8, 4) is 11.5 Å². The summed E-state index contributed by atoms with van der Waals surface area (Å²) in [7, 11) is 7.34. The Morgan fingerprint density at radius 3 is 2.72 bits per heavy atom. The van der Waals surface area contributed by atoms with Crippen molar-refractivity contribution in [1.29, 1.82) is 0 Å². The summed E-state index contributed by atoms with van der Waals surface area (Å²) in [5.41, 5.74) is 2.59. The molecule has 0 aromatic heterocycles. The lowest BCUT2D eigenvalue weighted by molar-refractivity contribution is -0.244. The van der Waals surface area contributed by atoms with E-state index < -0.39 is 5.79 Å². The largest absolute Gasteiger partial charge is 0.493 e. The molecule has 1 aromatic carbocycles. The van der Waals surface area contributed by atoms with Crippen molar-refractivity contribution in [2.45, 2.75) is 36.2 Å². The van der Waals surface area contributed by atoms with Gasteiger partial charge in [0.2, 0.25) is 5.79 Å². The summed E-state index contributed by atoms with van der Waals surface area (Å²) in [6.07, 6.45) is 6.25. The predicted molar refractivity (Wildman–Crippen MR) is 93.2 cm³/mol. The number of hydrogen-bond acceptors (Lipinski definition) is 5. The van der Waals surface area contributed by atoms with Gasteiger partial charge in [0.15, 0.2) is 17.6 Å². The molecule has 2 bridgehead atoms. The van der Waals surface area contributed by atoms with Gasteiger partial charge in [-0.1, -0.05) is 12.1 Å². The Balaban J connectivity index is 1.82. The van der Waals surface area contributed by atoms with Crippen LogP contribution in [-0.4, -0.2) is 57.8 Å². The number of benzene rings is 1. The third-order valence-corrected chi connectivity index (χ3v) is 7.02. The average molecular weight is 343 g/mol. The zero-order valence-electron chi connectivity index (χ0n) is 15.2. The fourth-order valence-corrected chi connectivity index (χ4v) is 5.83. The van der Waals surface area contributed by atoms with Gasteiger partial charge in [0, 0.05) is 31.7 Å². The van der Waals surface area contributed by atoms with Crippen LogP contribution in [0.4, 0.5) is 0 Å². The molecule has 2 aliphatic heterocycles. The summed E-state index contributed by atoms with van der Waals surface area (Å²) in [6, 6.07) is 4.73. The normalized spacial score (nSPS) is 36.7. The number of methoxy groups -OCH3 is 3. The molecule has 25 heavy (non-hydrogen) atoms. The van der Waals surface area contributed by atoms with Gasteiger partial charge in [0.05, 0.1) is 12.5 Å². The molecule has 4 atom stereocenters. The quantitative estimate of drug-likeness (QED) is 0.621. The van der Waals surface area contributed by atoms with Crippen LogP contribution in [0, 0.1) is 5.92 Å². The first-order valence-corrected chi connectivity index (χ1v) is 8.98. The van der Waals surface area contributed by atoms with E-state index in [2.05, 4.69) is 30.2 Å². The van der Waals surface area contributed by atoms with Crippen LogP contribution in [0.15, 0.2) is 24.3 Å². The maximum absolute atomic E-state index is 6.59. The first-order valence-electron chi connectivity index (χ1n) is 8.98. The van der Waals surface area contributed by atoms with E-state index in [9.17, 15) is 0 Å². The minimum absolute atomic E-state index is 0.116. The molecule has 1 fully saturated rings. The monoisotopic (exact) mass is 343 g/mol. The SMILES string of the molecule is COc1ccc2c3c1OC1C(OC)(OC)C=CC4C(C2)N(C)CCC341. The van der Waals surface area contributed by atoms with Crippen LogP contribution < -0.4 is 9.47 Å². The molecule has 0 amide bonds. The van der Waals surface area contributed by atoms with Gasteiger partial charge < -0.3 is 23.8 Å². The van der Waals surface area contributed by atoms with E-state index in [-0.39, 0.29) is 11.5 Å². The Kier molecular flexibility index (Phi) is 3.13. The molecular formula is C20H25NO4. The van der Waals surface area contributed by atoms with Gasteiger partial charge >= 0.3 is 0 Å².